The number of carbonyl (C=O) groups excluding carboxylic acids is 2. The van der Waals surface area contributed by atoms with E-state index >= 15 is 0 Å². The van der Waals surface area contributed by atoms with E-state index in [2.05, 4.69) is 0 Å². The van der Waals surface area contributed by atoms with Gasteiger partial charge in [-0.05, 0) is 70.9 Å². The molecular formula is C30H28NO7. The Balaban J connectivity index is 1.39. The largest absolute Gasteiger partial charge is 0.508 e. The SMILES string of the molecule is CC1(C)CC(C(=O)Oc2ccc3c(c2)Oc2cc(O)ccc2C32OC(=O)c3ccccc32)CC(C)(C)N1[O]. The molecular weight excluding hydrogens is 486 g/mol. The Kier molecular flexibility index (Phi) is 5.19. The summed E-state index contributed by atoms with van der Waals surface area (Å²) in [7, 11) is 0. The number of hydrogen-bond donors (Lipinski definition) is 1. The van der Waals surface area contributed by atoms with E-state index in [9.17, 15) is 19.9 Å². The number of nitrogens with zero attached hydrogens (tertiary/aromatic N) is 1. The Bertz CT molecular complexity index is 1480. The zero-order valence-corrected chi connectivity index (χ0v) is 21.6. The number of hydrogen-bond acceptors (Lipinski definition) is 7. The third kappa shape index (κ3) is 3.51. The first-order chi connectivity index (χ1) is 17.9. The summed E-state index contributed by atoms with van der Waals surface area (Å²) in [6.45, 7) is 7.34. The summed E-state index contributed by atoms with van der Waals surface area (Å²) in [4.78, 5) is 26.2. The van der Waals surface area contributed by atoms with Gasteiger partial charge in [-0.3, -0.25) is 4.79 Å². The molecule has 6 rings (SSSR count). The van der Waals surface area contributed by atoms with E-state index in [0.717, 1.165) is 5.06 Å². The minimum absolute atomic E-state index is 0.00233. The molecule has 3 aliphatic heterocycles. The van der Waals surface area contributed by atoms with Crippen molar-refractivity contribution in [3.63, 3.8) is 0 Å². The maximum atomic E-state index is 13.2. The maximum absolute atomic E-state index is 13.2. The van der Waals surface area contributed by atoms with Crippen LogP contribution in [0.25, 0.3) is 0 Å². The van der Waals surface area contributed by atoms with Crippen LogP contribution in [0.3, 0.4) is 0 Å². The smallest absolute Gasteiger partial charge is 0.340 e. The lowest BCUT2D eigenvalue weighted by Crippen LogP contribution is -2.59. The van der Waals surface area contributed by atoms with Crippen molar-refractivity contribution in [2.75, 3.05) is 0 Å². The molecule has 1 N–H and O–H groups in total. The number of benzene rings is 3. The zero-order chi connectivity index (χ0) is 27.0. The van der Waals surface area contributed by atoms with E-state index in [1.54, 1.807) is 36.4 Å². The molecule has 38 heavy (non-hydrogen) atoms. The van der Waals surface area contributed by atoms with Gasteiger partial charge in [0.2, 0.25) is 0 Å². The first kappa shape index (κ1) is 24.5. The van der Waals surface area contributed by atoms with E-state index in [4.69, 9.17) is 14.2 Å². The van der Waals surface area contributed by atoms with Crippen LogP contribution < -0.4 is 9.47 Å². The second kappa shape index (κ2) is 8.06. The van der Waals surface area contributed by atoms with E-state index in [1.807, 2.05) is 39.8 Å². The third-order valence-electron chi connectivity index (χ3n) is 7.81. The molecule has 1 unspecified atom stereocenters. The van der Waals surface area contributed by atoms with Crippen LogP contribution in [0.5, 0.6) is 23.0 Å². The highest BCUT2D eigenvalue weighted by Crippen LogP contribution is 2.57. The standard InChI is InChI=1S/C30H28NO7/c1-28(2)15-17(16-29(3,4)31(28)35)26(33)36-19-10-12-23-25(14-19)37-24-13-18(32)9-11-22(24)30(23)21-8-6-5-7-20(21)27(34)38-30/h5-14,17,32H,15-16H2,1-4H3. The molecule has 195 valence electrons. The van der Waals surface area contributed by atoms with Crippen molar-refractivity contribution in [3.8, 4) is 23.0 Å². The summed E-state index contributed by atoms with van der Waals surface area (Å²) < 4.78 is 18.0. The van der Waals surface area contributed by atoms with Crippen molar-refractivity contribution in [1.29, 1.82) is 0 Å². The lowest BCUT2D eigenvalue weighted by molar-refractivity contribution is -0.293. The fourth-order valence-corrected chi connectivity index (χ4v) is 6.34. The summed E-state index contributed by atoms with van der Waals surface area (Å²) in [6.07, 6.45) is 0.755. The van der Waals surface area contributed by atoms with Crippen LogP contribution in [0.1, 0.15) is 67.6 Å². The lowest BCUT2D eigenvalue weighted by Gasteiger charge is -2.49. The van der Waals surface area contributed by atoms with Crippen LogP contribution in [0.15, 0.2) is 60.7 Å². The molecule has 1 radical (unpaired) electrons. The van der Waals surface area contributed by atoms with Crippen molar-refractivity contribution in [3.05, 3.63) is 82.9 Å². The molecule has 0 aromatic heterocycles. The van der Waals surface area contributed by atoms with Crippen molar-refractivity contribution < 1.29 is 34.1 Å². The van der Waals surface area contributed by atoms with Gasteiger partial charge < -0.3 is 19.3 Å². The van der Waals surface area contributed by atoms with Crippen molar-refractivity contribution >= 4 is 11.9 Å². The fourth-order valence-electron chi connectivity index (χ4n) is 6.34. The topological polar surface area (TPSA) is 105 Å². The molecule has 0 saturated carbocycles. The highest BCUT2D eigenvalue weighted by atomic mass is 16.6. The van der Waals surface area contributed by atoms with Crippen LogP contribution >= 0.6 is 0 Å². The predicted molar refractivity (Wildman–Crippen MR) is 135 cm³/mol. The fraction of sp³-hybridized carbons (Fsp3) is 0.333. The number of phenolic OH excluding ortho intramolecular Hbond substituents is 1. The number of phenols is 1. The minimum atomic E-state index is -1.28. The van der Waals surface area contributed by atoms with Gasteiger partial charge in [-0.15, -0.1) is 10.3 Å². The third-order valence-corrected chi connectivity index (χ3v) is 7.81. The highest BCUT2D eigenvalue weighted by molar-refractivity contribution is 5.97. The molecule has 0 bridgehead atoms. The molecule has 1 spiro atoms. The van der Waals surface area contributed by atoms with Gasteiger partial charge in [0.25, 0.3) is 0 Å². The summed E-state index contributed by atoms with van der Waals surface area (Å²) >= 11 is 0. The zero-order valence-electron chi connectivity index (χ0n) is 21.6. The summed E-state index contributed by atoms with van der Waals surface area (Å²) in [5.41, 5.74) is -0.410. The van der Waals surface area contributed by atoms with Crippen LogP contribution in [-0.4, -0.2) is 33.2 Å². The molecule has 8 nitrogen and oxygen atoms in total. The summed E-state index contributed by atoms with van der Waals surface area (Å²) in [5.74, 6) is -0.389. The van der Waals surface area contributed by atoms with Gasteiger partial charge in [-0.2, -0.15) is 0 Å². The van der Waals surface area contributed by atoms with Crippen LogP contribution in [0, 0.1) is 5.92 Å². The number of esters is 2. The van der Waals surface area contributed by atoms with Crippen LogP contribution in [0.2, 0.25) is 0 Å². The Morgan fingerprint density at radius 1 is 0.921 bits per heavy atom. The molecule has 0 aliphatic carbocycles. The van der Waals surface area contributed by atoms with Crippen LogP contribution in [0.4, 0.5) is 0 Å². The van der Waals surface area contributed by atoms with Crippen molar-refractivity contribution in [1.82, 2.24) is 5.06 Å². The molecule has 0 amide bonds. The van der Waals surface area contributed by atoms with E-state index in [-0.39, 0.29) is 11.5 Å². The Hall–Kier alpha value is -3.88. The number of carbonyl (C=O) groups is 2. The number of hydroxylamine groups is 2. The van der Waals surface area contributed by atoms with Gasteiger partial charge in [0.05, 0.1) is 11.5 Å². The van der Waals surface area contributed by atoms with Gasteiger partial charge in [0, 0.05) is 39.9 Å². The predicted octanol–water partition coefficient (Wildman–Crippen LogP) is 5.48. The molecule has 3 aromatic carbocycles. The lowest BCUT2D eigenvalue weighted by atomic mass is 9.75. The number of ether oxygens (including phenoxy) is 3. The Labute approximate surface area is 220 Å². The Morgan fingerprint density at radius 3 is 2.26 bits per heavy atom. The number of aromatic hydroxyl groups is 1. The van der Waals surface area contributed by atoms with Gasteiger partial charge in [0.1, 0.15) is 23.0 Å². The van der Waals surface area contributed by atoms with Gasteiger partial charge in [-0.1, -0.05) is 18.2 Å². The molecule has 1 atom stereocenters. The Morgan fingerprint density at radius 2 is 1.55 bits per heavy atom. The maximum Gasteiger partial charge on any atom is 0.340 e. The van der Waals surface area contributed by atoms with E-state index in [0.29, 0.717) is 46.6 Å². The molecule has 3 aliphatic rings. The molecule has 1 fully saturated rings. The van der Waals surface area contributed by atoms with Crippen molar-refractivity contribution in [2.24, 2.45) is 5.92 Å². The second-order valence-electron chi connectivity index (χ2n) is 11.5. The van der Waals surface area contributed by atoms with Crippen molar-refractivity contribution in [2.45, 2.75) is 57.2 Å². The van der Waals surface area contributed by atoms with E-state index < -0.39 is 34.5 Å². The summed E-state index contributed by atoms with van der Waals surface area (Å²) in [6, 6.07) is 16.8. The number of piperidine rings is 1. The number of fused-ring (bicyclic) bond motifs is 6. The first-order valence-corrected chi connectivity index (χ1v) is 12.6. The van der Waals surface area contributed by atoms with Crippen LogP contribution in [-0.2, 0) is 20.3 Å². The average Bonchev–Trinajstić information content (AvgIpc) is 3.15. The summed E-state index contributed by atoms with van der Waals surface area (Å²) in [5, 5.41) is 23.9. The highest BCUT2D eigenvalue weighted by Gasteiger charge is 2.54. The first-order valence-electron chi connectivity index (χ1n) is 12.6. The van der Waals surface area contributed by atoms with E-state index in [1.165, 1.54) is 12.1 Å². The van der Waals surface area contributed by atoms with Gasteiger partial charge >= 0.3 is 11.9 Å². The monoisotopic (exact) mass is 514 g/mol. The molecule has 3 aromatic rings. The number of rotatable bonds is 2. The average molecular weight is 515 g/mol. The normalized spacial score (nSPS) is 23.1. The minimum Gasteiger partial charge on any atom is -0.508 e. The molecule has 8 heteroatoms. The second-order valence-corrected chi connectivity index (χ2v) is 11.5. The molecule has 1 saturated heterocycles. The quantitative estimate of drug-likeness (QED) is 0.357. The van der Waals surface area contributed by atoms with Gasteiger partial charge in [-0.25, -0.2) is 4.79 Å². The van der Waals surface area contributed by atoms with Gasteiger partial charge in [0.15, 0.2) is 5.60 Å². The molecule has 3 heterocycles.